The highest BCUT2D eigenvalue weighted by molar-refractivity contribution is 6.04. The molecule has 1 aromatic carbocycles. The number of carbonyl (C=O) groups excluding carboxylic acids is 1. The summed E-state index contributed by atoms with van der Waals surface area (Å²) < 4.78 is 11.9. The molecule has 0 saturated heterocycles. The van der Waals surface area contributed by atoms with E-state index in [9.17, 15) is 4.79 Å². The molecule has 0 aliphatic rings. The van der Waals surface area contributed by atoms with E-state index < -0.39 is 0 Å². The number of fused-ring (bicyclic) bond motifs is 1. The number of ether oxygens (including phenoxy) is 2. The van der Waals surface area contributed by atoms with Gasteiger partial charge in [0.25, 0.3) is 0 Å². The minimum atomic E-state index is -0.342. The Morgan fingerprint density at radius 2 is 2.05 bits per heavy atom. The fraction of sp³-hybridized carbons (Fsp3) is 0.125. The highest BCUT2D eigenvalue weighted by atomic mass is 16.5. The van der Waals surface area contributed by atoms with E-state index in [4.69, 9.17) is 9.47 Å². The lowest BCUT2D eigenvalue weighted by molar-refractivity contribution is 0.0603. The fourth-order valence-electron chi connectivity index (χ4n) is 2.34. The van der Waals surface area contributed by atoms with Crippen LogP contribution in [0.4, 0.5) is 0 Å². The molecule has 0 spiro atoms. The number of benzene rings is 1. The molecule has 2 heterocycles. The molecule has 3 aromatic rings. The molecule has 0 unspecified atom stereocenters. The summed E-state index contributed by atoms with van der Waals surface area (Å²) in [7, 11) is 2.96. The zero-order valence-electron chi connectivity index (χ0n) is 11.7. The van der Waals surface area contributed by atoms with Crippen LogP contribution in [0.25, 0.3) is 16.6 Å². The number of rotatable bonds is 3. The van der Waals surface area contributed by atoms with E-state index in [1.54, 1.807) is 19.4 Å². The third-order valence-corrected chi connectivity index (χ3v) is 3.34. The van der Waals surface area contributed by atoms with Gasteiger partial charge in [-0.05, 0) is 24.3 Å². The predicted octanol–water partition coefficient (Wildman–Crippen LogP) is 2.82. The molecule has 5 heteroatoms. The first kappa shape index (κ1) is 13.2. The van der Waals surface area contributed by atoms with Crippen molar-refractivity contribution >= 4 is 16.9 Å². The third kappa shape index (κ3) is 2.23. The van der Waals surface area contributed by atoms with Crippen LogP contribution in [0.3, 0.4) is 0 Å². The average molecular weight is 282 g/mol. The van der Waals surface area contributed by atoms with Crippen LogP contribution in [0.1, 0.15) is 10.4 Å². The monoisotopic (exact) mass is 282 g/mol. The molecule has 0 atom stereocenters. The van der Waals surface area contributed by atoms with Crippen molar-refractivity contribution in [3.63, 3.8) is 0 Å². The summed E-state index contributed by atoms with van der Waals surface area (Å²) in [6.07, 6.45) is 3.59. The van der Waals surface area contributed by atoms with Crippen molar-refractivity contribution in [2.75, 3.05) is 14.2 Å². The number of nitrogens with zero attached hydrogens (tertiary/aromatic N) is 2. The van der Waals surface area contributed by atoms with Gasteiger partial charge >= 0.3 is 5.97 Å². The molecule has 0 saturated carbocycles. The van der Waals surface area contributed by atoms with Crippen molar-refractivity contribution in [2.45, 2.75) is 0 Å². The minimum absolute atomic E-state index is 0.342. The maximum Gasteiger partial charge on any atom is 0.338 e. The lowest BCUT2D eigenvalue weighted by Gasteiger charge is -2.07. The van der Waals surface area contributed by atoms with Gasteiger partial charge in [-0.15, -0.1) is 0 Å². The van der Waals surface area contributed by atoms with E-state index in [0.717, 1.165) is 16.6 Å². The van der Waals surface area contributed by atoms with Crippen LogP contribution in [-0.4, -0.2) is 29.7 Å². The molecule has 0 aliphatic carbocycles. The predicted molar refractivity (Wildman–Crippen MR) is 79.0 cm³/mol. The zero-order chi connectivity index (χ0) is 14.8. The van der Waals surface area contributed by atoms with Gasteiger partial charge in [0.2, 0.25) is 5.88 Å². The Morgan fingerprint density at radius 1 is 1.19 bits per heavy atom. The lowest BCUT2D eigenvalue weighted by Crippen LogP contribution is -2.01. The highest BCUT2D eigenvalue weighted by Gasteiger charge is 2.13. The number of pyridine rings is 1. The largest absolute Gasteiger partial charge is 0.481 e. The minimum Gasteiger partial charge on any atom is -0.481 e. The van der Waals surface area contributed by atoms with Crippen LogP contribution in [0.5, 0.6) is 5.88 Å². The SMILES string of the molecule is COC(=O)c1cccc2c1ccn2-c1ccnc(OC)c1. The molecule has 0 amide bonds. The van der Waals surface area contributed by atoms with Crippen molar-refractivity contribution in [3.8, 4) is 11.6 Å². The molecule has 106 valence electrons. The first-order valence-corrected chi connectivity index (χ1v) is 6.43. The average Bonchev–Trinajstić information content (AvgIpc) is 2.98. The maximum atomic E-state index is 11.8. The molecule has 0 fully saturated rings. The van der Waals surface area contributed by atoms with Gasteiger partial charge < -0.3 is 14.0 Å². The fourth-order valence-corrected chi connectivity index (χ4v) is 2.34. The second-order valence-electron chi connectivity index (χ2n) is 4.47. The number of hydrogen-bond acceptors (Lipinski definition) is 4. The van der Waals surface area contributed by atoms with Crippen LogP contribution in [0.2, 0.25) is 0 Å². The Morgan fingerprint density at radius 3 is 2.81 bits per heavy atom. The van der Waals surface area contributed by atoms with Crippen molar-refractivity contribution < 1.29 is 14.3 Å². The standard InChI is InChI=1S/C16H14N2O3/c1-20-15-10-11(6-8-17-15)18-9-7-12-13(16(19)21-2)4-3-5-14(12)18/h3-10H,1-2H3. The maximum absolute atomic E-state index is 11.8. The van der Waals surface area contributed by atoms with E-state index in [2.05, 4.69) is 4.98 Å². The van der Waals surface area contributed by atoms with Gasteiger partial charge in [-0.25, -0.2) is 9.78 Å². The molecule has 3 rings (SSSR count). The van der Waals surface area contributed by atoms with E-state index in [1.165, 1.54) is 7.11 Å². The van der Waals surface area contributed by atoms with E-state index in [1.807, 2.05) is 41.1 Å². The van der Waals surface area contributed by atoms with Crippen LogP contribution in [-0.2, 0) is 4.74 Å². The lowest BCUT2D eigenvalue weighted by atomic mass is 10.1. The topological polar surface area (TPSA) is 53.4 Å². The number of esters is 1. The van der Waals surface area contributed by atoms with Gasteiger partial charge in [0, 0.05) is 23.8 Å². The molecular formula is C16H14N2O3. The van der Waals surface area contributed by atoms with Gasteiger partial charge in [-0.2, -0.15) is 0 Å². The Bertz CT molecular complexity index is 808. The molecule has 0 bridgehead atoms. The molecular weight excluding hydrogens is 268 g/mol. The Balaban J connectivity index is 2.18. The van der Waals surface area contributed by atoms with Crippen molar-refractivity contribution in [2.24, 2.45) is 0 Å². The molecule has 0 N–H and O–H groups in total. The summed E-state index contributed by atoms with van der Waals surface area (Å²) in [4.78, 5) is 15.9. The molecule has 0 radical (unpaired) electrons. The van der Waals surface area contributed by atoms with Gasteiger partial charge in [-0.1, -0.05) is 6.07 Å². The zero-order valence-corrected chi connectivity index (χ0v) is 11.7. The van der Waals surface area contributed by atoms with Gasteiger partial charge in [0.15, 0.2) is 0 Å². The number of aromatic nitrogens is 2. The van der Waals surface area contributed by atoms with Crippen molar-refractivity contribution in [3.05, 3.63) is 54.4 Å². The van der Waals surface area contributed by atoms with Gasteiger partial charge in [0.1, 0.15) is 0 Å². The summed E-state index contributed by atoms with van der Waals surface area (Å²) in [5.41, 5.74) is 2.39. The Hall–Kier alpha value is -2.82. The first-order chi connectivity index (χ1) is 10.2. The second-order valence-corrected chi connectivity index (χ2v) is 4.47. The second kappa shape index (κ2) is 5.28. The van der Waals surface area contributed by atoms with E-state index in [0.29, 0.717) is 11.4 Å². The van der Waals surface area contributed by atoms with Crippen molar-refractivity contribution in [1.29, 1.82) is 0 Å². The van der Waals surface area contributed by atoms with Gasteiger partial charge in [-0.3, -0.25) is 0 Å². The summed E-state index contributed by atoms with van der Waals surface area (Å²) in [5, 5.41) is 0.847. The van der Waals surface area contributed by atoms with Crippen LogP contribution < -0.4 is 4.74 Å². The highest BCUT2D eigenvalue weighted by Crippen LogP contribution is 2.25. The summed E-state index contributed by atoms with van der Waals surface area (Å²) >= 11 is 0. The molecule has 0 aliphatic heterocycles. The summed E-state index contributed by atoms with van der Waals surface area (Å²) in [5.74, 6) is 0.198. The van der Waals surface area contributed by atoms with E-state index in [-0.39, 0.29) is 5.97 Å². The van der Waals surface area contributed by atoms with Crippen molar-refractivity contribution in [1.82, 2.24) is 9.55 Å². The number of hydrogen-bond donors (Lipinski definition) is 0. The van der Waals surface area contributed by atoms with Crippen LogP contribution in [0.15, 0.2) is 48.8 Å². The Labute approximate surface area is 121 Å². The molecule has 5 nitrogen and oxygen atoms in total. The normalized spacial score (nSPS) is 10.6. The summed E-state index contributed by atoms with van der Waals surface area (Å²) in [6, 6.07) is 11.2. The quantitative estimate of drug-likeness (QED) is 0.693. The van der Waals surface area contributed by atoms with E-state index >= 15 is 0 Å². The smallest absolute Gasteiger partial charge is 0.338 e. The number of carbonyl (C=O) groups is 1. The summed E-state index contributed by atoms with van der Waals surface area (Å²) in [6.45, 7) is 0. The Kier molecular flexibility index (Phi) is 3.31. The molecule has 21 heavy (non-hydrogen) atoms. The third-order valence-electron chi connectivity index (χ3n) is 3.34. The van der Waals surface area contributed by atoms with Crippen LogP contribution >= 0.6 is 0 Å². The molecule has 2 aromatic heterocycles. The number of methoxy groups -OCH3 is 2. The first-order valence-electron chi connectivity index (χ1n) is 6.43. The van der Waals surface area contributed by atoms with Gasteiger partial charge in [0.05, 0.1) is 31.0 Å². The van der Waals surface area contributed by atoms with Crippen LogP contribution in [0, 0.1) is 0 Å².